The summed E-state index contributed by atoms with van der Waals surface area (Å²) in [5.41, 5.74) is 11.8. The standard InChI is InChI=1S/C10H16N4O/c1-10(2,5-9(12)15)14-8-3-4-13-6-7(8)11/h3-4,6H,5,11H2,1-2H3,(H2,12,15)(H,13,14). The molecule has 5 nitrogen and oxygen atoms in total. The number of hydrogen-bond acceptors (Lipinski definition) is 4. The predicted octanol–water partition coefficient (Wildman–Crippen LogP) is 0.730. The SMILES string of the molecule is CC(C)(CC(N)=O)Nc1ccncc1N. The second-order valence-corrected chi connectivity index (χ2v) is 4.11. The molecule has 0 aliphatic heterocycles. The van der Waals surface area contributed by atoms with Crippen LogP contribution in [0.3, 0.4) is 0 Å². The van der Waals surface area contributed by atoms with E-state index in [2.05, 4.69) is 10.3 Å². The lowest BCUT2D eigenvalue weighted by Crippen LogP contribution is -2.36. The first-order valence-corrected chi connectivity index (χ1v) is 4.67. The van der Waals surface area contributed by atoms with Gasteiger partial charge in [-0.25, -0.2) is 0 Å². The van der Waals surface area contributed by atoms with Gasteiger partial charge in [0.1, 0.15) is 0 Å². The van der Waals surface area contributed by atoms with E-state index in [0.717, 1.165) is 5.69 Å². The van der Waals surface area contributed by atoms with Crippen molar-refractivity contribution in [3.05, 3.63) is 18.5 Å². The molecule has 1 aromatic rings. The number of nitrogens with two attached hydrogens (primary N) is 2. The quantitative estimate of drug-likeness (QED) is 0.679. The highest BCUT2D eigenvalue weighted by molar-refractivity contribution is 5.76. The average Bonchev–Trinajstić information content (AvgIpc) is 2.06. The second kappa shape index (κ2) is 4.16. The first-order valence-electron chi connectivity index (χ1n) is 4.67. The van der Waals surface area contributed by atoms with Crippen LogP contribution in [-0.2, 0) is 4.79 Å². The summed E-state index contributed by atoms with van der Waals surface area (Å²) in [5.74, 6) is -0.347. The van der Waals surface area contributed by atoms with Crippen LogP contribution in [0.1, 0.15) is 20.3 Å². The summed E-state index contributed by atoms with van der Waals surface area (Å²) in [7, 11) is 0. The molecule has 0 radical (unpaired) electrons. The maximum atomic E-state index is 10.8. The summed E-state index contributed by atoms with van der Waals surface area (Å²) < 4.78 is 0. The Kier molecular flexibility index (Phi) is 3.14. The molecular formula is C10H16N4O. The van der Waals surface area contributed by atoms with Gasteiger partial charge >= 0.3 is 0 Å². The van der Waals surface area contributed by atoms with Gasteiger partial charge in [0.15, 0.2) is 0 Å². The van der Waals surface area contributed by atoms with E-state index in [9.17, 15) is 4.79 Å². The Morgan fingerprint density at radius 3 is 2.80 bits per heavy atom. The first-order chi connectivity index (χ1) is 6.91. The van der Waals surface area contributed by atoms with E-state index in [4.69, 9.17) is 11.5 Å². The van der Waals surface area contributed by atoms with E-state index in [0.29, 0.717) is 5.69 Å². The van der Waals surface area contributed by atoms with Gasteiger partial charge in [0.25, 0.3) is 0 Å². The number of amides is 1. The van der Waals surface area contributed by atoms with Gasteiger partial charge in [-0.3, -0.25) is 9.78 Å². The molecule has 5 heteroatoms. The van der Waals surface area contributed by atoms with Crippen LogP contribution in [0.15, 0.2) is 18.5 Å². The first kappa shape index (κ1) is 11.3. The summed E-state index contributed by atoms with van der Waals surface area (Å²) in [6.07, 6.45) is 3.44. The summed E-state index contributed by atoms with van der Waals surface area (Å²) in [6.45, 7) is 3.77. The topological polar surface area (TPSA) is 94.0 Å². The molecule has 1 amide bonds. The summed E-state index contributed by atoms with van der Waals surface area (Å²) in [6, 6.07) is 1.76. The number of nitrogen functional groups attached to an aromatic ring is 1. The minimum Gasteiger partial charge on any atom is -0.396 e. The molecule has 0 saturated carbocycles. The Morgan fingerprint density at radius 1 is 1.60 bits per heavy atom. The third-order valence-electron chi connectivity index (χ3n) is 1.94. The number of nitrogens with zero attached hydrogens (tertiary/aromatic N) is 1. The number of carbonyl (C=O) groups is 1. The van der Waals surface area contributed by atoms with E-state index >= 15 is 0 Å². The maximum Gasteiger partial charge on any atom is 0.219 e. The van der Waals surface area contributed by atoms with E-state index in [1.807, 2.05) is 13.8 Å². The molecule has 0 aromatic carbocycles. The van der Waals surface area contributed by atoms with Crippen LogP contribution in [0.25, 0.3) is 0 Å². The molecule has 15 heavy (non-hydrogen) atoms. The van der Waals surface area contributed by atoms with Crippen molar-refractivity contribution in [2.75, 3.05) is 11.1 Å². The summed E-state index contributed by atoms with van der Waals surface area (Å²) in [4.78, 5) is 14.7. The van der Waals surface area contributed by atoms with Crippen molar-refractivity contribution < 1.29 is 4.79 Å². The fourth-order valence-electron chi connectivity index (χ4n) is 1.36. The molecule has 5 N–H and O–H groups in total. The van der Waals surface area contributed by atoms with Crippen LogP contribution < -0.4 is 16.8 Å². The summed E-state index contributed by atoms with van der Waals surface area (Å²) >= 11 is 0. The zero-order chi connectivity index (χ0) is 11.5. The Hall–Kier alpha value is -1.78. The van der Waals surface area contributed by atoms with E-state index in [-0.39, 0.29) is 12.3 Å². The van der Waals surface area contributed by atoms with Gasteiger partial charge in [-0.1, -0.05) is 0 Å². The molecule has 82 valence electrons. The zero-order valence-electron chi connectivity index (χ0n) is 8.95. The molecule has 1 rings (SSSR count). The lowest BCUT2D eigenvalue weighted by molar-refractivity contribution is -0.118. The molecule has 0 fully saturated rings. The largest absolute Gasteiger partial charge is 0.396 e. The van der Waals surface area contributed by atoms with Crippen molar-refractivity contribution in [3.63, 3.8) is 0 Å². The molecule has 0 aliphatic carbocycles. The number of carbonyl (C=O) groups excluding carboxylic acids is 1. The Balaban J connectivity index is 2.77. The van der Waals surface area contributed by atoms with Crippen LogP contribution in [-0.4, -0.2) is 16.4 Å². The lowest BCUT2D eigenvalue weighted by Gasteiger charge is -2.26. The number of primary amides is 1. The summed E-state index contributed by atoms with van der Waals surface area (Å²) in [5, 5.41) is 3.15. The fraction of sp³-hybridized carbons (Fsp3) is 0.400. The molecule has 1 aromatic heterocycles. The van der Waals surface area contributed by atoms with Crippen molar-refractivity contribution >= 4 is 17.3 Å². The smallest absolute Gasteiger partial charge is 0.219 e. The Bertz CT molecular complexity index is 362. The lowest BCUT2D eigenvalue weighted by atomic mass is 10.00. The molecule has 0 unspecified atom stereocenters. The van der Waals surface area contributed by atoms with Crippen molar-refractivity contribution in [2.45, 2.75) is 25.8 Å². The van der Waals surface area contributed by atoms with Crippen molar-refractivity contribution in [2.24, 2.45) is 5.73 Å². The Morgan fingerprint density at radius 2 is 2.27 bits per heavy atom. The highest BCUT2D eigenvalue weighted by atomic mass is 16.1. The molecule has 0 atom stereocenters. The minimum atomic E-state index is -0.415. The van der Waals surface area contributed by atoms with Crippen LogP contribution in [0, 0.1) is 0 Å². The monoisotopic (exact) mass is 208 g/mol. The number of nitrogens with one attached hydrogen (secondary N) is 1. The molecular weight excluding hydrogens is 192 g/mol. The highest BCUT2D eigenvalue weighted by Crippen LogP contribution is 2.22. The van der Waals surface area contributed by atoms with E-state index in [1.54, 1.807) is 18.5 Å². The van der Waals surface area contributed by atoms with Gasteiger partial charge in [-0.2, -0.15) is 0 Å². The molecule has 0 bridgehead atoms. The Labute approximate surface area is 88.9 Å². The number of anilines is 2. The van der Waals surface area contributed by atoms with Crippen LogP contribution >= 0.6 is 0 Å². The normalized spacial score (nSPS) is 11.1. The van der Waals surface area contributed by atoms with Gasteiger partial charge < -0.3 is 16.8 Å². The number of rotatable bonds is 4. The van der Waals surface area contributed by atoms with Crippen LogP contribution in [0.5, 0.6) is 0 Å². The van der Waals surface area contributed by atoms with E-state index < -0.39 is 5.54 Å². The van der Waals surface area contributed by atoms with Gasteiger partial charge in [0.05, 0.1) is 17.6 Å². The molecule has 0 aliphatic rings. The van der Waals surface area contributed by atoms with E-state index in [1.165, 1.54) is 0 Å². The van der Waals surface area contributed by atoms with Crippen molar-refractivity contribution in [3.8, 4) is 0 Å². The van der Waals surface area contributed by atoms with Crippen molar-refractivity contribution in [1.82, 2.24) is 4.98 Å². The highest BCUT2D eigenvalue weighted by Gasteiger charge is 2.20. The third kappa shape index (κ3) is 3.46. The minimum absolute atomic E-state index is 0.245. The van der Waals surface area contributed by atoms with Gasteiger partial charge in [-0.15, -0.1) is 0 Å². The number of aromatic nitrogens is 1. The third-order valence-corrected chi connectivity index (χ3v) is 1.94. The fourth-order valence-corrected chi connectivity index (χ4v) is 1.36. The van der Waals surface area contributed by atoms with Gasteiger partial charge in [0.2, 0.25) is 5.91 Å². The molecule has 1 heterocycles. The van der Waals surface area contributed by atoms with Gasteiger partial charge in [0, 0.05) is 18.2 Å². The van der Waals surface area contributed by atoms with Gasteiger partial charge in [-0.05, 0) is 19.9 Å². The van der Waals surface area contributed by atoms with Crippen molar-refractivity contribution in [1.29, 1.82) is 0 Å². The second-order valence-electron chi connectivity index (χ2n) is 4.11. The number of hydrogen-bond donors (Lipinski definition) is 3. The van der Waals surface area contributed by atoms with Crippen LogP contribution in [0.4, 0.5) is 11.4 Å². The zero-order valence-corrected chi connectivity index (χ0v) is 8.95. The van der Waals surface area contributed by atoms with Crippen LogP contribution in [0.2, 0.25) is 0 Å². The number of pyridine rings is 1. The molecule has 0 saturated heterocycles. The maximum absolute atomic E-state index is 10.8. The average molecular weight is 208 g/mol. The predicted molar refractivity (Wildman–Crippen MR) is 60.2 cm³/mol. The molecule has 0 spiro atoms.